The molecule has 112 valence electrons. The third kappa shape index (κ3) is 3.10. The predicted octanol–water partition coefficient (Wildman–Crippen LogP) is 2.72. The highest BCUT2D eigenvalue weighted by atomic mass is 19.1. The van der Waals surface area contributed by atoms with E-state index < -0.39 is 6.67 Å². The number of rotatable bonds is 5. The monoisotopic (exact) mass is 292 g/mol. The largest absolute Gasteiger partial charge is 0.289 e. The van der Waals surface area contributed by atoms with E-state index in [9.17, 15) is 8.78 Å². The maximum atomic E-state index is 13.4. The standard InChI is InChI=1S/C15H18F2N4/c16-6-8-21-15(18-11-19-21)10-20-7-2-5-14(20)12-3-1-4-13(17)9-12/h1,3-4,9,11,14H,2,5-8,10H2/t14-/m1/s1. The topological polar surface area (TPSA) is 34.0 Å². The van der Waals surface area contributed by atoms with Crippen molar-refractivity contribution >= 4 is 0 Å². The van der Waals surface area contributed by atoms with Crippen molar-refractivity contribution in [2.75, 3.05) is 13.2 Å². The van der Waals surface area contributed by atoms with Crippen LogP contribution in [0, 0.1) is 5.82 Å². The summed E-state index contributed by atoms with van der Waals surface area (Å²) < 4.78 is 27.5. The fraction of sp³-hybridized carbons (Fsp3) is 0.467. The molecule has 0 radical (unpaired) electrons. The van der Waals surface area contributed by atoms with Gasteiger partial charge in [-0.1, -0.05) is 12.1 Å². The molecule has 0 aliphatic carbocycles. The molecule has 1 fully saturated rings. The van der Waals surface area contributed by atoms with Crippen LogP contribution in [0.1, 0.15) is 30.3 Å². The summed E-state index contributed by atoms with van der Waals surface area (Å²) >= 11 is 0. The summed E-state index contributed by atoms with van der Waals surface area (Å²) in [5.41, 5.74) is 0.990. The molecule has 0 spiro atoms. The number of hydrogen-bond acceptors (Lipinski definition) is 3. The summed E-state index contributed by atoms with van der Waals surface area (Å²) in [6.45, 7) is 1.32. The molecule has 2 heterocycles. The number of benzene rings is 1. The number of aromatic nitrogens is 3. The van der Waals surface area contributed by atoms with Crippen molar-refractivity contribution in [3.05, 3.63) is 47.8 Å². The number of halogens is 2. The lowest BCUT2D eigenvalue weighted by molar-refractivity contribution is 0.235. The van der Waals surface area contributed by atoms with E-state index in [1.807, 2.05) is 6.07 Å². The zero-order valence-corrected chi connectivity index (χ0v) is 11.8. The fourth-order valence-electron chi connectivity index (χ4n) is 2.97. The van der Waals surface area contributed by atoms with Gasteiger partial charge in [0.15, 0.2) is 0 Å². The Morgan fingerprint density at radius 2 is 2.24 bits per heavy atom. The Morgan fingerprint density at radius 3 is 3.05 bits per heavy atom. The molecular weight excluding hydrogens is 274 g/mol. The summed E-state index contributed by atoms with van der Waals surface area (Å²) in [6, 6.07) is 6.94. The van der Waals surface area contributed by atoms with Crippen LogP contribution in [0.15, 0.2) is 30.6 Å². The molecule has 1 aromatic heterocycles. The smallest absolute Gasteiger partial charge is 0.141 e. The van der Waals surface area contributed by atoms with E-state index >= 15 is 0 Å². The summed E-state index contributed by atoms with van der Waals surface area (Å²) in [5, 5.41) is 4.04. The number of alkyl halides is 1. The van der Waals surface area contributed by atoms with E-state index in [0.717, 1.165) is 30.8 Å². The summed E-state index contributed by atoms with van der Waals surface area (Å²) in [4.78, 5) is 6.47. The first kappa shape index (κ1) is 14.1. The summed E-state index contributed by atoms with van der Waals surface area (Å²) in [5.74, 6) is 0.552. The van der Waals surface area contributed by atoms with Crippen molar-refractivity contribution in [3.8, 4) is 0 Å². The van der Waals surface area contributed by atoms with Gasteiger partial charge in [0, 0.05) is 6.04 Å². The summed E-state index contributed by atoms with van der Waals surface area (Å²) in [7, 11) is 0. The third-order valence-electron chi connectivity index (χ3n) is 3.93. The van der Waals surface area contributed by atoms with E-state index in [-0.39, 0.29) is 18.4 Å². The lowest BCUT2D eigenvalue weighted by atomic mass is 10.0. The van der Waals surface area contributed by atoms with Gasteiger partial charge >= 0.3 is 0 Å². The fourth-order valence-corrected chi connectivity index (χ4v) is 2.97. The molecule has 1 atom stereocenters. The molecule has 3 rings (SSSR count). The predicted molar refractivity (Wildman–Crippen MR) is 74.8 cm³/mol. The first-order chi connectivity index (χ1) is 10.3. The Hall–Kier alpha value is -1.82. The summed E-state index contributed by atoms with van der Waals surface area (Å²) in [6.07, 6.45) is 3.53. The lowest BCUT2D eigenvalue weighted by Crippen LogP contribution is -2.25. The van der Waals surface area contributed by atoms with Gasteiger partial charge in [0.25, 0.3) is 0 Å². The molecule has 0 saturated carbocycles. The highest BCUT2D eigenvalue weighted by molar-refractivity contribution is 5.21. The van der Waals surface area contributed by atoms with E-state index in [0.29, 0.717) is 6.54 Å². The molecule has 0 N–H and O–H groups in total. The molecule has 1 aliphatic rings. The van der Waals surface area contributed by atoms with Gasteiger partial charge in [0.2, 0.25) is 0 Å². The molecule has 1 aromatic carbocycles. The normalized spacial score (nSPS) is 19.2. The van der Waals surface area contributed by atoms with E-state index in [1.54, 1.807) is 16.8 Å². The van der Waals surface area contributed by atoms with Crippen LogP contribution >= 0.6 is 0 Å². The Labute approximate surface area is 122 Å². The average Bonchev–Trinajstić information content (AvgIpc) is 3.10. The van der Waals surface area contributed by atoms with Crippen molar-refractivity contribution in [2.24, 2.45) is 0 Å². The van der Waals surface area contributed by atoms with Crippen LogP contribution in [0.2, 0.25) is 0 Å². The van der Waals surface area contributed by atoms with Crippen molar-refractivity contribution in [1.29, 1.82) is 0 Å². The van der Waals surface area contributed by atoms with Gasteiger partial charge in [-0.05, 0) is 37.1 Å². The van der Waals surface area contributed by atoms with Gasteiger partial charge < -0.3 is 0 Å². The number of hydrogen-bond donors (Lipinski definition) is 0. The van der Waals surface area contributed by atoms with E-state index in [1.165, 1.54) is 12.4 Å². The van der Waals surface area contributed by atoms with Crippen LogP contribution in [0.25, 0.3) is 0 Å². The number of aryl methyl sites for hydroxylation is 1. The lowest BCUT2D eigenvalue weighted by Gasteiger charge is -2.24. The van der Waals surface area contributed by atoms with Crippen molar-refractivity contribution in [2.45, 2.75) is 32.0 Å². The van der Waals surface area contributed by atoms with Crippen molar-refractivity contribution in [3.63, 3.8) is 0 Å². The SMILES string of the molecule is FCCn1ncnc1CN1CCC[C@@H]1c1cccc(F)c1. The quantitative estimate of drug-likeness (QED) is 0.849. The maximum Gasteiger partial charge on any atom is 0.141 e. The molecule has 1 saturated heterocycles. The number of nitrogens with zero attached hydrogens (tertiary/aromatic N) is 4. The van der Waals surface area contributed by atoms with Gasteiger partial charge in [0.05, 0.1) is 13.1 Å². The zero-order chi connectivity index (χ0) is 14.7. The van der Waals surface area contributed by atoms with Gasteiger partial charge in [-0.15, -0.1) is 0 Å². The second kappa shape index (κ2) is 6.30. The molecule has 6 heteroatoms. The Kier molecular flexibility index (Phi) is 4.24. The molecule has 0 amide bonds. The van der Waals surface area contributed by atoms with Crippen LogP contribution < -0.4 is 0 Å². The molecule has 1 aliphatic heterocycles. The third-order valence-corrected chi connectivity index (χ3v) is 3.93. The van der Waals surface area contributed by atoms with E-state index in [4.69, 9.17) is 0 Å². The maximum absolute atomic E-state index is 13.4. The number of likely N-dealkylation sites (tertiary alicyclic amines) is 1. The van der Waals surface area contributed by atoms with Gasteiger partial charge in [-0.3, -0.25) is 4.90 Å². The minimum absolute atomic E-state index is 0.191. The zero-order valence-electron chi connectivity index (χ0n) is 11.8. The second-order valence-electron chi connectivity index (χ2n) is 5.27. The molecular formula is C15H18F2N4. The van der Waals surface area contributed by atoms with Crippen LogP contribution in [0.5, 0.6) is 0 Å². The van der Waals surface area contributed by atoms with Crippen LogP contribution in [-0.2, 0) is 13.1 Å². The molecule has 0 unspecified atom stereocenters. The van der Waals surface area contributed by atoms with Crippen LogP contribution in [0.3, 0.4) is 0 Å². The first-order valence-electron chi connectivity index (χ1n) is 7.20. The Balaban J connectivity index is 1.76. The first-order valence-corrected chi connectivity index (χ1v) is 7.20. The van der Waals surface area contributed by atoms with E-state index in [2.05, 4.69) is 15.0 Å². The molecule has 21 heavy (non-hydrogen) atoms. The minimum Gasteiger partial charge on any atom is -0.289 e. The Morgan fingerprint density at radius 1 is 1.33 bits per heavy atom. The van der Waals surface area contributed by atoms with Crippen molar-refractivity contribution in [1.82, 2.24) is 19.7 Å². The second-order valence-corrected chi connectivity index (χ2v) is 5.27. The average molecular weight is 292 g/mol. The van der Waals surface area contributed by atoms with Gasteiger partial charge in [-0.2, -0.15) is 5.10 Å². The minimum atomic E-state index is -0.455. The highest BCUT2D eigenvalue weighted by Crippen LogP contribution is 2.33. The molecule has 0 bridgehead atoms. The molecule has 4 nitrogen and oxygen atoms in total. The van der Waals surface area contributed by atoms with Gasteiger partial charge in [0.1, 0.15) is 24.6 Å². The van der Waals surface area contributed by atoms with Crippen LogP contribution in [0.4, 0.5) is 8.78 Å². The Bertz CT molecular complexity index is 599. The van der Waals surface area contributed by atoms with Gasteiger partial charge in [-0.25, -0.2) is 18.4 Å². The highest BCUT2D eigenvalue weighted by Gasteiger charge is 2.27. The molecule has 2 aromatic rings. The van der Waals surface area contributed by atoms with Crippen LogP contribution in [-0.4, -0.2) is 32.9 Å². The van der Waals surface area contributed by atoms with Crippen molar-refractivity contribution < 1.29 is 8.78 Å².